The molecule has 20 heavy (non-hydrogen) atoms. The molecule has 0 amide bonds. The van der Waals surface area contributed by atoms with Crippen molar-refractivity contribution in [2.75, 3.05) is 0 Å². The smallest absolute Gasteiger partial charge is 0.177 e. The second kappa shape index (κ2) is 4.88. The second-order valence-corrected chi connectivity index (χ2v) is 6.78. The Morgan fingerprint density at radius 2 is 2.00 bits per heavy atom. The molecule has 0 radical (unpaired) electrons. The lowest BCUT2D eigenvalue weighted by Gasteiger charge is -2.23. The van der Waals surface area contributed by atoms with Gasteiger partial charge >= 0.3 is 0 Å². The van der Waals surface area contributed by atoms with Crippen LogP contribution in [-0.4, -0.2) is 9.55 Å². The summed E-state index contributed by atoms with van der Waals surface area (Å²) in [6.45, 7) is 1.09. The van der Waals surface area contributed by atoms with Crippen LogP contribution in [0.5, 0.6) is 0 Å². The van der Waals surface area contributed by atoms with Crippen molar-refractivity contribution in [3.8, 4) is 11.3 Å². The van der Waals surface area contributed by atoms with E-state index in [1.807, 2.05) is 0 Å². The molecule has 0 aliphatic heterocycles. The van der Waals surface area contributed by atoms with Gasteiger partial charge in [-0.15, -0.1) is 0 Å². The number of nitrogens with zero attached hydrogens (tertiary/aromatic N) is 1. The zero-order valence-corrected chi connectivity index (χ0v) is 12.4. The molecule has 0 spiro atoms. The first-order valence-electron chi connectivity index (χ1n) is 7.65. The van der Waals surface area contributed by atoms with Crippen molar-refractivity contribution in [2.45, 2.75) is 32.2 Å². The summed E-state index contributed by atoms with van der Waals surface area (Å²) in [5.41, 5.74) is 2.49. The minimum Gasteiger partial charge on any atom is -0.337 e. The summed E-state index contributed by atoms with van der Waals surface area (Å²) in [7, 11) is 0. The van der Waals surface area contributed by atoms with Gasteiger partial charge in [-0.1, -0.05) is 36.8 Å². The summed E-state index contributed by atoms with van der Waals surface area (Å²) in [5.74, 6) is 2.78. The summed E-state index contributed by atoms with van der Waals surface area (Å²) in [6, 6.07) is 10.6. The van der Waals surface area contributed by atoms with E-state index in [9.17, 15) is 0 Å². The van der Waals surface area contributed by atoms with Crippen molar-refractivity contribution in [1.82, 2.24) is 9.55 Å². The molecule has 4 rings (SSSR count). The maximum atomic E-state index is 5.50. The van der Waals surface area contributed by atoms with Gasteiger partial charge < -0.3 is 9.55 Å². The molecule has 2 bridgehead atoms. The summed E-state index contributed by atoms with van der Waals surface area (Å²) in [5, 5.41) is 0. The molecular weight excluding hydrogens is 264 g/mol. The molecule has 3 heteroatoms. The Hall–Kier alpha value is -1.35. The lowest BCUT2D eigenvalue weighted by molar-refractivity contribution is 0.295. The van der Waals surface area contributed by atoms with Gasteiger partial charge in [0.05, 0.1) is 5.69 Å². The van der Waals surface area contributed by atoms with Crippen molar-refractivity contribution < 1.29 is 0 Å². The first-order chi connectivity index (χ1) is 9.81. The molecule has 3 atom stereocenters. The fourth-order valence-electron chi connectivity index (χ4n) is 4.26. The van der Waals surface area contributed by atoms with Crippen molar-refractivity contribution >= 4 is 12.2 Å². The van der Waals surface area contributed by atoms with E-state index >= 15 is 0 Å². The van der Waals surface area contributed by atoms with Crippen LogP contribution in [0.15, 0.2) is 36.5 Å². The van der Waals surface area contributed by atoms with Crippen LogP contribution in [0.3, 0.4) is 0 Å². The minimum absolute atomic E-state index is 0.832. The molecule has 2 aliphatic rings. The molecule has 2 aliphatic carbocycles. The molecule has 104 valence electrons. The Labute approximate surface area is 124 Å². The quantitative estimate of drug-likeness (QED) is 0.814. The normalized spacial score (nSPS) is 28.1. The van der Waals surface area contributed by atoms with E-state index < -0.39 is 0 Å². The fourth-order valence-corrected chi connectivity index (χ4v) is 4.49. The highest BCUT2D eigenvalue weighted by molar-refractivity contribution is 7.71. The summed E-state index contributed by atoms with van der Waals surface area (Å²) in [4.78, 5) is 3.23. The number of aromatic nitrogens is 2. The number of imidazole rings is 1. The maximum Gasteiger partial charge on any atom is 0.177 e. The highest BCUT2D eigenvalue weighted by Crippen LogP contribution is 2.49. The van der Waals surface area contributed by atoms with Crippen molar-refractivity contribution in [1.29, 1.82) is 0 Å². The lowest BCUT2D eigenvalue weighted by Crippen LogP contribution is -2.17. The second-order valence-electron chi connectivity index (χ2n) is 6.39. The van der Waals surface area contributed by atoms with E-state index in [1.165, 1.54) is 36.9 Å². The molecule has 3 unspecified atom stereocenters. The van der Waals surface area contributed by atoms with Crippen molar-refractivity contribution in [3.63, 3.8) is 0 Å². The summed E-state index contributed by atoms with van der Waals surface area (Å²) < 4.78 is 3.18. The third-order valence-corrected chi connectivity index (χ3v) is 5.58. The lowest BCUT2D eigenvalue weighted by atomic mass is 9.89. The minimum atomic E-state index is 0.832. The standard InChI is InChI=1S/C17H20N2S/c20-17-18-10-16(13-4-2-1-3-5-13)19(17)11-15-9-12-6-7-14(15)8-12/h1-5,10,12,14-15H,6-9,11H2,(H,18,20). The van der Waals surface area contributed by atoms with Crippen LogP contribution in [0.4, 0.5) is 0 Å². The molecule has 2 nitrogen and oxygen atoms in total. The number of nitrogens with one attached hydrogen (secondary N) is 1. The third-order valence-electron chi connectivity index (χ3n) is 5.24. The molecule has 1 heterocycles. The van der Waals surface area contributed by atoms with Crippen LogP contribution in [0, 0.1) is 22.5 Å². The highest BCUT2D eigenvalue weighted by Gasteiger charge is 2.39. The van der Waals surface area contributed by atoms with Crippen molar-refractivity contribution in [3.05, 3.63) is 41.3 Å². The fraction of sp³-hybridized carbons (Fsp3) is 0.471. The molecule has 2 saturated carbocycles. The SMILES string of the molecule is S=c1[nH]cc(-c2ccccc2)n1CC1CC2CCC1C2. The average molecular weight is 284 g/mol. The monoisotopic (exact) mass is 284 g/mol. The van der Waals surface area contributed by atoms with Gasteiger partial charge in [0.15, 0.2) is 4.77 Å². The molecule has 2 aromatic rings. The summed E-state index contributed by atoms with van der Waals surface area (Å²) in [6.07, 6.45) is 7.83. The molecule has 0 saturated heterocycles. The molecule has 1 aromatic carbocycles. The third kappa shape index (κ3) is 2.05. The predicted molar refractivity (Wildman–Crippen MR) is 84.0 cm³/mol. The topological polar surface area (TPSA) is 20.7 Å². The van der Waals surface area contributed by atoms with Crippen LogP contribution in [0.25, 0.3) is 11.3 Å². The number of H-pyrrole nitrogens is 1. The first kappa shape index (κ1) is 12.4. The summed E-state index contributed by atoms with van der Waals surface area (Å²) >= 11 is 5.50. The van der Waals surface area contributed by atoms with Gasteiger partial charge in [-0.25, -0.2) is 0 Å². The number of hydrogen-bond donors (Lipinski definition) is 1. The number of rotatable bonds is 3. The molecule has 1 N–H and O–H groups in total. The Morgan fingerprint density at radius 3 is 2.70 bits per heavy atom. The van der Waals surface area contributed by atoms with E-state index in [-0.39, 0.29) is 0 Å². The number of benzene rings is 1. The van der Waals surface area contributed by atoms with Gasteiger partial charge in [0.1, 0.15) is 0 Å². The van der Waals surface area contributed by atoms with Crippen LogP contribution >= 0.6 is 12.2 Å². The van der Waals surface area contributed by atoms with E-state index in [0.29, 0.717) is 0 Å². The maximum absolute atomic E-state index is 5.50. The van der Waals surface area contributed by atoms with Gasteiger partial charge in [-0.3, -0.25) is 0 Å². The van der Waals surface area contributed by atoms with Crippen LogP contribution in [0.2, 0.25) is 0 Å². The zero-order valence-electron chi connectivity index (χ0n) is 11.6. The van der Waals surface area contributed by atoms with Crippen LogP contribution < -0.4 is 0 Å². The van der Waals surface area contributed by atoms with Crippen LogP contribution in [-0.2, 0) is 6.54 Å². The van der Waals surface area contributed by atoms with Crippen LogP contribution in [0.1, 0.15) is 25.7 Å². The van der Waals surface area contributed by atoms with E-state index in [4.69, 9.17) is 12.2 Å². The predicted octanol–water partition coefficient (Wildman–Crippen LogP) is 4.65. The van der Waals surface area contributed by atoms with Gasteiger partial charge in [0.25, 0.3) is 0 Å². The number of hydrogen-bond acceptors (Lipinski definition) is 1. The average Bonchev–Trinajstić information content (AvgIpc) is 3.17. The number of aromatic amines is 1. The van der Waals surface area contributed by atoms with E-state index in [1.54, 1.807) is 0 Å². The molecular formula is C17H20N2S. The largest absolute Gasteiger partial charge is 0.337 e. The highest BCUT2D eigenvalue weighted by atomic mass is 32.1. The Balaban J connectivity index is 1.65. The molecule has 1 aromatic heterocycles. The Morgan fingerprint density at radius 1 is 1.15 bits per heavy atom. The van der Waals surface area contributed by atoms with Gasteiger partial charge in [0.2, 0.25) is 0 Å². The molecule has 2 fully saturated rings. The van der Waals surface area contributed by atoms with Gasteiger partial charge in [-0.2, -0.15) is 0 Å². The van der Waals surface area contributed by atoms with Crippen molar-refractivity contribution in [2.24, 2.45) is 17.8 Å². The van der Waals surface area contributed by atoms with E-state index in [2.05, 4.69) is 46.1 Å². The Kier molecular flexibility index (Phi) is 3.03. The first-order valence-corrected chi connectivity index (χ1v) is 8.05. The number of fused-ring (bicyclic) bond motifs is 2. The van der Waals surface area contributed by atoms with E-state index in [0.717, 1.165) is 29.1 Å². The zero-order chi connectivity index (χ0) is 13.5. The Bertz CT molecular complexity index is 655. The van der Waals surface area contributed by atoms with Gasteiger partial charge in [0, 0.05) is 12.7 Å². The van der Waals surface area contributed by atoms with Gasteiger partial charge in [-0.05, 0) is 54.8 Å².